The van der Waals surface area contributed by atoms with Gasteiger partial charge < -0.3 is 5.32 Å². The number of amides is 1. The zero-order chi connectivity index (χ0) is 13.0. The van der Waals surface area contributed by atoms with E-state index in [-0.39, 0.29) is 12.3 Å². The summed E-state index contributed by atoms with van der Waals surface area (Å²) in [5.74, 6) is -0.0964. The van der Waals surface area contributed by atoms with Crippen LogP contribution in [0, 0.1) is 6.92 Å². The average molecular weight is 306 g/mol. The van der Waals surface area contributed by atoms with Crippen molar-refractivity contribution in [1.82, 2.24) is 9.97 Å². The number of carbonyl (C=O) groups excluding carboxylic acids is 1. The van der Waals surface area contributed by atoms with Crippen LogP contribution in [0.15, 0.2) is 41.1 Å². The van der Waals surface area contributed by atoms with E-state index >= 15 is 0 Å². The van der Waals surface area contributed by atoms with E-state index in [0.717, 1.165) is 21.7 Å². The minimum absolute atomic E-state index is 0.0964. The number of pyridine rings is 2. The Bertz CT molecular complexity index is 557. The maximum Gasteiger partial charge on any atom is 0.230 e. The number of hydrogen-bond acceptors (Lipinski definition) is 3. The van der Waals surface area contributed by atoms with Crippen molar-refractivity contribution < 1.29 is 4.79 Å². The highest BCUT2D eigenvalue weighted by atomic mass is 79.9. The molecule has 0 aliphatic carbocycles. The molecule has 0 aliphatic rings. The fourth-order valence-corrected chi connectivity index (χ4v) is 1.92. The molecule has 0 radical (unpaired) electrons. The molecular weight excluding hydrogens is 294 g/mol. The third-order valence-corrected chi connectivity index (χ3v) is 2.84. The van der Waals surface area contributed by atoms with Crippen molar-refractivity contribution in [2.45, 2.75) is 13.3 Å². The first-order valence-electron chi connectivity index (χ1n) is 5.48. The van der Waals surface area contributed by atoms with E-state index < -0.39 is 0 Å². The molecule has 2 rings (SSSR count). The van der Waals surface area contributed by atoms with Crippen LogP contribution in [0.3, 0.4) is 0 Å². The van der Waals surface area contributed by atoms with Crippen molar-refractivity contribution in [2.24, 2.45) is 0 Å². The van der Waals surface area contributed by atoms with Gasteiger partial charge in [0.15, 0.2) is 0 Å². The van der Waals surface area contributed by atoms with Crippen molar-refractivity contribution in [2.75, 3.05) is 5.32 Å². The number of aromatic nitrogens is 2. The average Bonchev–Trinajstić information content (AvgIpc) is 2.34. The SMILES string of the molecule is Cc1nc(Br)ccc1NC(=O)Cc1ccccn1. The normalized spacial score (nSPS) is 10.1. The lowest BCUT2D eigenvalue weighted by Gasteiger charge is -2.07. The summed E-state index contributed by atoms with van der Waals surface area (Å²) in [6.07, 6.45) is 1.94. The second-order valence-electron chi connectivity index (χ2n) is 3.81. The molecule has 1 amide bonds. The summed E-state index contributed by atoms with van der Waals surface area (Å²) in [7, 11) is 0. The van der Waals surface area contributed by atoms with Gasteiger partial charge in [0.25, 0.3) is 0 Å². The largest absolute Gasteiger partial charge is 0.324 e. The van der Waals surface area contributed by atoms with Crippen molar-refractivity contribution in [3.63, 3.8) is 0 Å². The lowest BCUT2D eigenvalue weighted by molar-refractivity contribution is -0.115. The smallest absolute Gasteiger partial charge is 0.230 e. The molecule has 2 heterocycles. The van der Waals surface area contributed by atoms with Crippen molar-refractivity contribution in [1.29, 1.82) is 0 Å². The molecule has 0 aromatic carbocycles. The van der Waals surface area contributed by atoms with Crippen LogP contribution >= 0.6 is 15.9 Å². The van der Waals surface area contributed by atoms with Gasteiger partial charge in [-0.05, 0) is 47.1 Å². The van der Waals surface area contributed by atoms with Gasteiger partial charge in [0.05, 0.1) is 17.8 Å². The molecule has 0 unspecified atom stereocenters. The summed E-state index contributed by atoms with van der Waals surface area (Å²) in [5, 5.41) is 2.82. The Kier molecular flexibility index (Phi) is 4.04. The molecule has 0 saturated heterocycles. The molecule has 4 nitrogen and oxygen atoms in total. The molecule has 0 bridgehead atoms. The molecule has 2 aromatic heterocycles. The Balaban J connectivity index is 2.03. The molecular formula is C13H12BrN3O. The second-order valence-corrected chi connectivity index (χ2v) is 4.63. The highest BCUT2D eigenvalue weighted by Crippen LogP contribution is 2.16. The van der Waals surface area contributed by atoms with Crippen LogP contribution in [0.5, 0.6) is 0 Å². The fourth-order valence-electron chi connectivity index (χ4n) is 1.52. The summed E-state index contributed by atoms with van der Waals surface area (Å²) < 4.78 is 0.753. The summed E-state index contributed by atoms with van der Waals surface area (Å²) in [6.45, 7) is 1.85. The maximum absolute atomic E-state index is 11.8. The molecule has 0 fully saturated rings. The number of halogens is 1. The predicted molar refractivity (Wildman–Crippen MR) is 73.2 cm³/mol. The number of hydrogen-bond donors (Lipinski definition) is 1. The van der Waals surface area contributed by atoms with Crippen molar-refractivity contribution in [3.8, 4) is 0 Å². The Labute approximate surface area is 114 Å². The van der Waals surface area contributed by atoms with E-state index in [2.05, 4.69) is 31.2 Å². The minimum Gasteiger partial charge on any atom is -0.324 e. The summed E-state index contributed by atoms with van der Waals surface area (Å²) in [6, 6.07) is 9.13. The van der Waals surface area contributed by atoms with Crippen LogP contribution in [-0.2, 0) is 11.2 Å². The quantitative estimate of drug-likeness (QED) is 0.887. The number of anilines is 1. The molecule has 2 aromatic rings. The number of rotatable bonds is 3. The van der Waals surface area contributed by atoms with Crippen LogP contribution < -0.4 is 5.32 Å². The van der Waals surface area contributed by atoms with Crippen LogP contribution in [-0.4, -0.2) is 15.9 Å². The third kappa shape index (κ3) is 3.37. The van der Waals surface area contributed by atoms with Gasteiger partial charge in [0.2, 0.25) is 5.91 Å². The maximum atomic E-state index is 11.8. The van der Waals surface area contributed by atoms with Gasteiger partial charge in [-0.15, -0.1) is 0 Å². The van der Waals surface area contributed by atoms with Gasteiger partial charge in [-0.2, -0.15) is 0 Å². The van der Waals surface area contributed by atoms with E-state index in [1.54, 1.807) is 12.3 Å². The summed E-state index contributed by atoms with van der Waals surface area (Å²) >= 11 is 3.28. The first-order chi connectivity index (χ1) is 8.65. The standard InChI is InChI=1S/C13H12BrN3O/c1-9-11(5-6-12(14)16-9)17-13(18)8-10-4-2-3-7-15-10/h2-7H,8H2,1H3,(H,17,18). The summed E-state index contributed by atoms with van der Waals surface area (Å²) in [5.41, 5.74) is 2.25. The zero-order valence-electron chi connectivity index (χ0n) is 9.85. The molecule has 0 atom stereocenters. The van der Waals surface area contributed by atoms with Gasteiger partial charge in [0.1, 0.15) is 4.60 Å². The third-order valence-electron chi connectivity index (χ3n) is 2.39. The Morgan fingerprint density at radius 1 is 1.33 bits per heavy atom. The number of carbonyl (C=O) groups is 1. The van der Waals surface area contributed by atoms with Crippen molar-refractivity contribution >= 4 is 27.5 Å². The molecule has 1 N–H and O–H groups in total. The summed E-state index contributed by atoms with van der Waals surface area (Å²) in [4.78, 5) is 20.2. The first-order valence-corrected chi connectivity index (χ1v) is 6.27. The Hall–Kier alpha value is -1.75. The highest BCUT2D eigenvalue weighted by molar-refractivity contribution is 9.10. The Morgan fingerprint density at radius 2 is 2.17 bits per heavy atom. The number of nitrogens with zero attached hydrogens (tertiary/aromatic N) is 2. The molecule has 5 heteroatoms. The van der Waals surface area contributed by atoms with Crippen LogP contribution in [0.25, 0.3) is 0 Å². The van der Waals surface area contributed by atoms with Crippen LogP contribution in [0.4, 0.5) is 5.69 Å². The predicted octanol–water partition coefficient (Wildman–Crippen LogP) is 2.73. The number of nitrogens with one attached hydrogen (secondary N) is 1. The lowest BCUT2D eigenvalue weighted by Crippen LogP contribution is -2.16. The van der Waals surface area contributed by atoms with Crippen molar-refractivity contribution in [3.05, 3.63) is 52.5 Å². The van der Waals surface area contributed by atoms with Gasteiger partial charge in [-0.1, -0.05) is 6.07 Å². The molecule has 0 spiro atoms. The van der Waals surface area contributed by atoms with Gasteiger partial charge >= 0.3 is 0 Å². The molecule has 92 valence electrons. The molecule has 0 aliphatic heterocycles. The van der Waals surface area contributed by atoms with Crippen LogP contribution in [0.2, 0.25) is 0 Å². The van der Waals surface area contributed by atoms with E-state index in [1.165, 1.54) is 0 Å². The van der Waals surface area contributed by atoms with Crippen LogP contribution in [0.1, 0.15) is 11.4 Å². The zero-order valence-corrected chi connectivity index (χ0v) is 11.4. The monoisotopic (exact) mass is 305 g/mol. The van der Waals surface area contributed by atoms with Gasteiger partial charge in [-0.3, -0.25) is 9.78 Å². The number of aryl methyl sites for hydroxylation is 1. The van der Waals surface area contributed by atoms with E-state index in [9.17, 15) is 4.79 Å². The molecule has 0 saturated carbocycles. The Morgan fingerprint density at radius 3 is 2.83 bits per heavy atom. The second kappa shape index (κ2) is 5.73. The first kappa shape index (κ1) is 12.7. The van der Waals surface area contributed by atoms with E-state index in [4.69, 9.17) is 0 Å². The van der Waals surface area contributed by atoms with E-state index in [1.807, 2.05) is 31.2 Å². The van der Waals surface area contributed by atoms with Gasteiger partial charge in [0, 0.05) is 11.9 Å². The minimum atomic E-state index is -0.0964. The van der Waals surface area contributed by atoms with E-state index in [0.29, 0.717) is 0 Å². The fraction of sp³-hybridized carbons (Fsp3) is 0.154. The highest BCUT2D eigenvalue weighted by Gasteiger charge is 2.07. The topological polar surface area (TPSA) is 54.9 Å². The van der Waals surface area contributed by atoms with Gasteiger partial charge in [-0.25, -0.2) is 4.98 Å². The molecule has 18 heavy (non-hydrogen) atoms. The lowest BCUT2D eigenvalue weighted by atomic mass is 10.2.